The molecule has 1 saturated carbocycles. The molecule has 3 fully saturated rings. The Labute approximate surface area is 273 Å². The summed E-state index contributed by atoms with van der Waals surface area (Å²) >= 11 is 1.54. The molecule has 1 aromatic heterocycles. The molecule has 252 valence electrons. The summed E-state index contributed by atoms with van der Waals surface area (Å²) in [6.07, 6.45) is 1.70. The SMILES string of the molecule is Cc1ncsc1-c1ccc(CNC(=O)C2CC(O)CN2C(=O)[C@@H](NC(=O)C2(F)CC2)C(C)(C)C)c(OCCCCC2OCCO2)c1. The van der Waals surface area contributed by atoms with Gasteiger partial charge in [0.1, 0.15) is 17.8 Å². The van der Waals surface area contributed by atoms with Crippen LogP contribution >= 0.6 is 11.3 Å². The molecule has 0 radical (unpaired) electrons. The number of alkyl halides is 1. The van der Waals surface area contributed by atoms with Gasteiger partial charge in [-0.3, -0.25) is 14.4 Å². The van der Waals surface area contributed by atoms with Crippen LogP contribution < -0.4 is 15.4 Å². The average molecular weight is 661 g/mol. The maximum atomic E-state index is 14.5. The first-order valence-electron chi connectivity index (χ1n) is 16.0. The Balaban J connectivity index is 1.25. The highest BCUT2D eigenvalue weighted by Gasteiger charge is 2.53. The van der Waals surface area contributed by atoms with Crippen molar-refractivity contribution in [1.29, 1.82) is 0 Å². The minimum Gasteiger partial charge on any atom is -0.493 e. The number of carbonyl (C=O) groups excluding carboxylic acids is 3. The van der Waals surface area contributed by atoms with Crippen molar-refractivity contribution >= 4 is 29.1 Å². The molecule has 13 heteroatoms. The molecule has 2 aliphatic heterocycles. The molecule has 3 atom stereocenters. The van der Waals surface area contributed by atoms with Crippen LogP contribution in [0.5, 0.6) is 5.75 Å². The van der Waals surface area contributed by atoms with Gasteiger partial charge in [-0.1, -0.05) is 32.9 Å². The first kappa shape index (κ1) is 34.2. The molecule has 1 aromatic carbocycles. The average Bonchev–Trinajstić information content (AvgIpc) is 3.37. The number of ether oxygens (including phenoxy) is 3. The fourth-order valence-electron chi connectivity index (χ4n) is 5.74. The molecule has 3 aliphatic rings. The Bertz CT molecular complexity index is 1400. The normalized spacial score (nSPS) is 21.7. The molecule has 46 heavy (non-hydrogen) atoms. The van der Waals surface area contributed by atoms with E-state index in [4.69, 9.17) is 14.2 Å². The van der Waals surface area contributed by atoms with Crippen molar-refractivity contribution in [2.24, 2.45) is 5.41 Å². The lowest BCUT2D eigenvalue weighted by molar-refractivity contribution is -0.145. The van der Waals surface area contributed by atoms with Crippen LogP contribution in [0, 0.1) is 12.3 Å². The molecule has 2 aromatic rings. The number of hydrogen-bond donors (Lipinski definition) is 3. The minimum atomic E-state index is -1.95. The van der Waals surface area contributed by atoms with Crippen LogP contribution in [-0.2, 0) is 30.4 Å². The zero-order valence-corrected chi connectivity index (χ0v) is 27.8. The number of aryl methyl sites for hydroxylation is 1. The van der Waals surface area contributed by atoms with Crippen LogP contribution in [0.15, 0.2) is 23.7 Å². The van der Waals surface area contributed by atoms with Crippen molar-refractivity contribution in [1.82, 2.24) is 20.5 Å². The molecular formula is C33H45FN4O7S. The number of nitrogens with zero attached hydrogens (tertiary/aromatic N) is 2. The number of thiazole rings is 1. The molecule has 1 aliphatic carbocycles. The fraction of sp³-hybridized carbons (Fsp3) is 0.636. The van der Waals surface area contributed by atoms with Gasteiger partial charge in [0.05, 0.1) is 42.0 Å². The number of amides is 3. The van der Waals surface area contributed by atoms with Crippen LogP contribution in [0.4, 0.5) is 4.39 Å². The van der Waals surface area contributed by atoms with Gasteiger partial charge in [0.15, 0.2) is 12.0 Å². The second-order valence-corrected chi connectivity index (χ2v) is 14.3. The fourth-order valence-corrected chi connectivity index (χ4v) is 6.54. The van der Waals surface area contributed by atoms with Crippen LogP contribution in [0.3, 0.4) is 0 Å². The maximum absolute atomic E-state index is 14.5. The molecule has 3 amide bonds. The number of benzene rings is 1. The van der Waals surface area contributed by atoms with Gasteiger partial charge in [-0.2, -0.15) is 0 Å². The number of halogens is 1. The Morgan fingerprint density at radius 1 is 1.22 bits per heavy atom. The molecule has 0 bridgehead atoms. The zero-order chi connectivity index (χ0) is 33.1. The highest BCUT2D eigenvalue weighted by Crippen LogP contribution is 2.40. The third-order valence-electron chi connectivity index (χ3n) is 8.66. The lowest BCUT2D eigenvalue weighted by Crippen LogP contribution is -2.59. The van der Waals surface area contributed by atoms with Gasteiger partial charge in [-0.15, -0.1) is 11.3 Å². The highest BCUT2D eigenvalue weighted by molar-refractivity contribution is 7.13. The lowest BCUT2D eigenvalue weighted by Gasteiger charge is -2.35. The maximum Gasteiger partial charge on any atom is 0.258 e. The first-order chi connectivity index (χ1) is 21.9. The van der Waals surface area contributed by atoms with Gasteiger partial charge in [-0.05, 0) is 56.1 Å². The van der Waals surface area contributed by atoms with Gasteiger partial charge >= 0.3 is 0 Å². The number of aliphatic hydroxyl groups is 1. The minimum absolute atomic E-state index is 0.0524. The third kappa shape index (κ3) is 8.23. The number of carbonyl (C=O) groups is 3. The zero-order valence-electron chi connectivity index (χ0n) is 27.0. The van der Waals surface area contributed by atoms with Crippen molar-refractivity contribution < 1.29 is 38.1 Å². The van der Waals surface area contributed by atoms with Gasteiger partial charge in [0, 0.05) is 25.1 Å². The van der Waals surface area contributed by atoms with Crippen LogP contribution in [0.25, 0.3) is 10.4 Å². The van der Waals surface area contributed by atoms with E-state index in [0.717, 1.165) is 41.0 Å². The van der Waals surface area contributed by atoms with Crippen molar-refractivity contribution in [3.63, 3.8) is 0 Å². The quantitative estimate of drug-likeness (QED) is 0.277. The predicted octanol–water partition coefficient (Wildman–Crippen LogP) is 3.65. The molecule has 11 nitrogen and oxygen atoms in total. The molecular weight excluding hydrogens is 615 g/mol. The number of unbranched alkanes of at least 4 members (excludes halogenated alkanes) is 1. The summed E-state index contributed by atoms with van der Waals surface area (Å²) in [6, 6.07) is 3.81. The topological polar surface area (TPSA) is 139 Å². The summed E-state index contributed by atoms with van der Waals surface area (Å²) in [5.41, 5.74) is 1.74. The van der Waals surface area contributed by atoms with Gasteiger partial charge in [0.25, 0.3) is 5.91 Å². The summed E-state index contributed by atoms with van der Waals surface area (Å²) in [5, 5.41) is 16.0. The van der Waals surface area contributed by atoms with E-state index in [1.165, 1.54) is 4.90 Å². The number of β-amino-alcohol motifs (C(OH)–C–C–N with tert-alkyl or cyclic N) is 1. The summed E-state index contributed by atoms with van der Waals surface area (Å²) < 4.78 is 31.7. The lowest BCUT2D eigenvalue weighted by atomic mass is 9.85. The number of aliphatic hydroxyl groups excluding tert-OH is 1. The number of nitrogens with one attached hydrogen (secondary N) is 2. The number of hydrogen-bond acceptors (Lipinski definition) is 9. The number of rotatable bonds is 13. The van der Waals surface area contributed by atoms with Gasteiger partial charge in [0.2, 0.25) is 11.8 Å². The van der Waals surface area contributed by atoms with Crippen molar-refractivity contribution in [3.05, 3.63) is 35.0 Å². The van der Waals surface area contributed by atoms with Crippen LogP contribution in [0.2, 0.25) is 0 Å². The third-order valence-corrected chi connectivity index (χ3v) is 9.64. The van der Waals surface area contributed by atoms with Crippen molar-refractivity contribution in [2.45, 2.75) is 103 Å². The van der Waals surface area contributed by atoms with Crippen molar-refractivity contribution in [2.75, 3.05) is 26.4 Å². The van der Waals surface area contributed by atoms with E-state index in [-0.39, 0.29) is 38.6 Å². The van der Waals surface area contributed by atoms with Gasteiger partial charge in [-0.25, -0.2) is 9.37 Å². The Hall–Kier alpha value is -3.13. The monoisotopic (exact) mass is 660 g/mol. The smallest absolute Gasteiger partial charge is 0.258 e. The summed E-state index contributed by atoms with van der Waals surface area (Å²) in [6.45, 7) is 9.05. The summed E-state index contributed by atoms with van der Waals surface area (Å²) in [4.78, 5) is 46.5. The number of likely N-dealkylation sites (tertiary alicyclic amines) is 1. The predicted molar refractivity (Wildman–Crippen MR) is 170 cm³/mol. The Morgan fingerprint density at radius 2 is 1.96 bits per heavy atom. The molecule has 2 unspecified atom stereocenters. The largest absolute Gasteiger partial charge is 0.493 e. The highest BCUT2D eigenvalue weighted by atomic mass is 32.1. The molecule has 3 N–H and O–H groups in total. The second kappa shape index (κ2) is 14.3. The van der Waals surface area contributed by atoms with Crippen molar-refractivity contribution in [3.8, 4) is 16.2 Å². The van der Waals surface area contributed by atoms with Gasteiger partial charge < -0.3 is 34.9 Å². The van der Waals surface area contributed by atoms with Crippen LogP contribution in [-0.4, -0.2) is 89.2 Å². The van der Waals surface area contributed by atoms with E-state index in [2.05, 4.69) is 15.6 Å². The summed E-state index contributed by atoms with van der Waals surface area (Å²) in [5.74, 6) is -1.14. The van der Waals surface area contributed by atoms with Crippen LogP contribution in [0.1, 0.15) is 70.6 Å². The van der Waals surface area contributed by atoms with E-state index in [1.54, 1.807) is 37.6 Å². The Kier molecular flexibility index (Phi) is 10.7. The molecule has 5 rings (SSSR count). The Morgan fingerprint density at radius 3 is 2.61 bits per heavy atom. The van der Waals surface area contributed by atoms with E-state index in [9.17, 15) is 23.9 Å². The standard InChI is InChI=1S/C33H45FN4O7S/c1-20-27(46-19-36-20)21-8-9-22(25(15-21)43-12-6-5-7-26-44-13-14-45-26)17-35-29(40)24-16-23(39)18-38(24)30(41)28(32(2,3)4)37-31(42)33(34)10-11-33/h8-9,15,19,23-24,26,28,39H,5-7,10-14,16-18H2,1-4H3,(H,35,40)(H,37,42)/t23?,24?,28-/m1/s1. The number of aromatic nitrogens is 1. The second-order valence-electron chi connectivity index (χ2n) is 13.5. The first-order valence-corrected chi connectivity index (χ1v) is 16.9. The molecule has 2 saturated heterocycles. The molecule has 3 heterocycles. The van der Waals surface area contributed by atoms with E-state index in [1.807, 2.05) is 25.1 Å². The summed E-state index contributed by atoms with van der Waals surface area (Å²) in [7, 11) is 0. The molecule has 0 spiro atoms. The van der Waals surface area contributed by atoms with E-state index in [0.29, 0.717) is 25.6 Å². The van der Waals surface area contributed by atoms with E-state index >= 15 is 0 Å². The van der Waals surface area contributed by atoms with E-state index < -0.39 is 47.0 Å².